The molecule has 2 heteroatoms. The van der Waals surface area contributed by atoms with Gasteiger partial charge in [0.05, 0.1) is 0 Å². The number of rotatable bonds is 2. The molecule has 0 aromatic heterocycles. The highest BCUT2D eigenvalue weighted by molar-refractivity contribution is 6.27. The standard InChI is InChI=1S/C4H10OSi.2C4H10/c1-2-4-6-5-3-1;2*1-3-4-2/h1-4,6H2;2*3-4H2,1-2H3. The maximum absolute atomic E-state index is 5.21. The van der Waals surface area contributed by atoms with Crippen LogP contribution in [0.15, 0.2) is 0 Å². The van der Waals surface area contributed by atoms with E-state index in [9.17, 15) is 0 Å². The zero-order valence-electron chi connectivity index (χ0n) is 10.8. The van der Waals surface area contributed by atoms with E-state index in [1.54, 1.807) is 0 Å². The van der Waals surface area contributed by atoms with E-state index < -0.39 is 0 Å². The van der Waals surface area contributed by atoms with Gasteiger partial charge in [-0.15, -0.1) is 0 Å². The number of unbranched alkanes of at least 4 members (excludes halogenated alkanes) is 2. The largest absolute Gasteiger partial charge is 0.424 e. The van der Waals surface area contributed by atoms with E-state index in [1.165, 1.54) is 44.6 Å². The first kappa shape index (κ1) is 16.6. The molecular formula is C12H30OSi. The summed E-state index contributed by atoms with van der Waals surface area (Å²) in [5.41, 5.74) is 0. The molecule has 1 saturated heterocycles. The van der Waals surface area contributed by atoms with Crippen molar-refractivity contribution >= 4 is 9.76 Å². The minimum atomic E-state index is 0.00849. The fraction of sp³-hybridized carbons (Fsp3) is 1.00. The second-order valence-corrected chi connectivity index (χ2v) is 5.20. The normalized spacial score (nSPS) is 16.3. The smallest absolute Gasteiger partial charge is 0.161 e. The second-order valence-electron chi connectivity index (χ2n) is 3.67. The lowest BCUT2D eigenvalue weighted by molar-refractivity contribution is 0.304. The highest BCUT2D eigenvalue weighted by atomic mass is 28.2. The van der Waals surface area contributed by atoms with Gasteiger partial charge in [-0.25, -0.2) is 0 Å². The Morgan fingerprint density at radius 1 is 0.857 bits per heavy atom. The molecule has 1 rings (SSSR count). The van der Waals surface area contributed by atoms with Crippen molar-refractivity contribution in [2.75, 3.05) is 6.61 Å². The monoisotopic (exact) mass is 218 g/mol. The Kier molecular flexibility index (Phi) is 22.4. The van der Waals surface area contributed by atoms with E-state index in [0.717, 1.165) is 6.61 Å². The van der Waals surface area contributed by atoms with Crippen LogP contribution in [-0.2, 0) is 4.43 Å². The molecule has 0 atom stereocenters. The van der Waals surface area contributed by atoms with Crippen LogP contribution < -0.4 is 0 Å². The molecule has 0 aromatic carbocycles. The summed E-state index contributed by atoms with van der Waals surface area (Å²) in [5.74, 6) is 0. The van der Waals surface area contributed by atoms with Crippen LogP contribution in [0.3, 0.4) is 0 Å². The Hall–Kier alpha value is 0.177. The summed E-state index contributed by atoms with van der Waals surface area (Å²) in [6, 6.07) is 1.42. The van der Waals surface area contributed by atoms with E-state index in [1.807, 2.05) is 0 Å². The molecule has 0 aliphatic carbocycles. The van der Waals surface area contributed by atoms with Crippen LogP contribution in [0.1, 0.15) is 66.2 Å². The topological polar surface area (TPSA) is 9.23 Å². The number of hydrogen-bond donors (Lipinski definition) is 0. The van der Waals surface area contributed by atoms with Crippen molar-refractivity contribution in [3.63, 3.8) is 0 Å². The second kappa shape index (κ2) is 18.9. The maximum atomic E-state index is 5.21. The summed E-state index contributed by atoms with van der Waals surface area (Å²) in [5, 5.41) is 0. The lowest BCUT2D eigenvalue weighted by atomic mass is 10.4. The summed E-state index contributed by atoms with van der Waals surface area (Å²) >= 11 is 0. The average molecular weight is 218 g/mol. The molecule has 14 heavy (non-hydrogen) atoms. The molecule has 0 bridgehead atoms. The van der Waals surface area contributed by atoms with Gasteiger partial charge in [0.1, 0.15) is 0 Å². The predicted octanol–water partition coefficient (Wildman–Crippen LogP) is 3.91. The SMILES string of the molecule is C1CC[SiH2]OC1.CCCC.CCCC. The summed E-state index contributed by atoms with van der Waals surface area (Å²) in [4.78, 5) is 0. The van der Waals surface area contributed by atoms with Crippen molar-refractivity contribution in [1.29, 1.82) is 0 Å². The highest BCUT2D eigenvalue weighted by Crippen LogP contribution is 2.01. The molecule has 0 N–H and O–H groups in total. The first-order chi connectivity index (χ1) is 6.83. The average Bonchev–Trinajstić information content (AvgIpc) is 2.32. The van der Waals surface area contributed by atoms with Gasteiger partial charge in [-0.3, -0.25) is 0 Å². The summed E-state index contributed by atoms with van der Waals surface area (Å²) in [7, 11) is 0.00849. The molecule has 88 valence electrons. The van der Waals surface area contributed by atoms with Crippen molar-refractivity contribution in [1.82, 2.24) is 0 Å². The van der Waals surface area contributed by atoms with Gasteiger partial charge in [0.15, 0.2) is 9.76 Å². The molecule has 0 spiro atoms. The van der Waals surface area contributed by atoms with Gasteiger partial charge < -0.3 is 4.43 Å². The summed E-state index contributed by atoms with van der Waals surface area (Å²) < 4.78 is 5.21. The minimum Gasteiger partial charge on any atom is -0.424 e. The van der Waals surface area contributed by atoms with Crippen LogP contribution in [0.5, 0.6) is 0 Å². The van der Waals surface area contributed by atoms with E-state index in [-0.39, 0.29) is 9.76 Å². The van der Waals surface area contributed by atoms with Crippen LogP contribution in [0, 0.1) is 0 Å². The van der Waals surface area contributed by atoms with Gasteiger partial charge in [-0.05, 0) is 12.5 Å². The zero-order chi connectivity index (χ0) is 11.1. The van der Waals surface area contributed by atoms with Crippen molar-refractivity contribution in [2.24, 2.45) is 0 Å². The fourth-order valence-electron chi connectivity index (χ4n) is 0.687. The van der Waals surface area contributed by atoms with E-state index in [2.05, 4.69) is 27.7 Å². The molecule has 1 aliphatic rings. The fourth-order valence-corrected chi connectivity index (χ4v) is 1.86. The van der Waals surface area contributed by atoms with Crippen LogP contribution in [-0.4, -0.2) is 16.4 Å². The van der Waals surface area contributed by atoms with Gasteiger partial charge in [-0.2, -0.15) is 0 Å². The van der Waals surface area contributed by atoms with Gasteiger partial charge in [0.2, 0.25) is 0 Å². The number of hydrogen-bond acceptors (Lipinski definition) is 1. The molecular weight excluding hydrogens is 188 g/mol. The minimum absolute atomic E-state index is 0.00849. The molecule has 0 saturated carbocycles. The molecule has 1 heterocycles. The van der Waals surface area contributed by atoms with Crippen LogP contribution in [0.25, 0.3) is 0 Å². The molecule has 0 aromatic rings. The first-order valence-electron chi connectivity index (χ1n) is 6.41. The van der Waals surface area contributed by atoms with Gasteiger partial charge in [-0.1, -0.05) is 59.8 Å². The molecule has 0 unspecified atom stereocenters. The third-order valence-corrected chi connectivity index (χ3v) is 3.44. The third kappa shape index (κ3) is 22.8. The van der Waals surface area contributed by atoms with Crippen LogP contribution in [0.2, 0.25) is 6.04 Å². The molecule has 1 aliphatic heterocycles. The highest BCUT2D eigenvalue weighted by Gasteiger charge is 1.96. The van der Waals surface area contributed by atoms with Gasteiger partial charge in [0.25, 0.3) is 0 Å². The van der Waals surface area contributed by atoms with Crippen molar-refractivity contribution in [2.45, 2.75) is 72.3 Å². The molecule has 0 amide bonds. The Morgan fingerprint density at radius 2 is 1.36 bits per heavy atom. The molecule has 1 fully saturated rings. The Balaban J connectivity index is 0. The maximum Gasteiger partial charge on any atom is 0.161 e. The first-order valence-corrected chi connectivity index (χ1v) is 7.98. The quantitative estimate of drug-likeness (QED) is 0.639. The lowest BCUT2D eigenvalue weighted by Gasteiger charge is -2.07. The van der Waals surface area contributed by atoms with Crippen LogP contribution in [0.4, 0.5) is 0 Å². The molecule has 0 radical (unpaired) electrons. The van der Waals surface area contributed by atoms with Crippen molar-refractivity contribution < 1.29 is 4.43 Å². The van der Waals surface area contributed by atoms with E-state index in [4.69, 9.17) is 4.43 Å². The van der Waals surface area contributed by atoms with Crippen molar-refractivity contribution in [3.8, 4) is 0 Å². The predicted molar refractivity (Wildman–Crippen MR) is 69.7 cm³/mol. The molecule has 1 nitrogen and oxygen atoms in total. The van der Waals surface area contributed by atoms with E-state index in [0.29, 0.717) is 0 Å². The van der Waals surface area contributed by atoms with E-state index >= 15 is 0 Å². The Morgan fingerprint density at radius 3 is 1.43 bits per heavy atom. The van der Waals surface area contributed by atoms with Crippen molar-refractivity contribution in [3.05, 3.63) is 0 Å². The zero-order valence-corrected chi connectivity index (χ0v) is 12.2. The lowest BCUT2D eigenvalue weighted by Crippen LogP contribution is -2.06. The third-order valence-electron chi connectivity index (χ3n) is 2.08. The van der Waals surface area contributed by atoms with Gasteiger partial charge >= 0.3 is 0 Å². The summed E-state index contributed by atoms with van der Waals surface area (Å²) in [6.07, 6.45) is 8.03. The van der Waals surface area contributed by atoms with Gasteiger partial charge in [0, 0.05) is 6.61 Å². The Labute approximate surface area is 93.6 Å². The van der Waals surface area contributed by atoms with Crippen LogP contribution >= 0.6 is 0 Å². The Bertz CT molecular complexity index is 53.2. The summed E-state index contributed by atoms with van der Waals surface area (Å²) in [6.45, 7) is 9.78.